The van der Waals surface area contributed by atoms with E-state index in [2.05, 4.69) is 5.32 Å². The molecule has 0 saturated carbocycles. The maximum Gasteiger partial charge on any atom is 0.258 e. The SMILES string of the molecule is COc1cc2c(cc1O)NCC1CCC(O)N1C2=O. The third-order valence-corrected chi connectivity index (χ3v) is 3.78. The molecule has 2 aliphatic rings. The van der Waals surface area contributed by atoms with Gasteiger partial charge >= 0.3 is 0 Å². The molecule has 1 saturated heterocycles. The van der Waals surface area contributed by atoms with Crippen molar-refractivity contribution in [3.05, 3.63) is 17.7 Å². The molecule has 1 fully saturated rings. The highest BCUT2D eigenvalue weighted by molar-refractivity contribution is 6.01. The van der Waals surface area contributed by atoms with Crippen molar-refractivity contribution < 1.29 is 19.7 Å². The molecule has 2 heterocycles. The van der Waals surface area contributed by atoms with Crippen LogP contribution in [0.5, 0.6) is 11.5 Å². The summed E-state index contributed by atoms with van der Waals surface area (Å²) in [5, 5.41) is 22.8. The Labute approximate surface area is 110 Å². The van der Waals surface area contributed by atoms with Crippen molar-refractivity contribution in [1.29, 1.82) is 0 Å². The minimum absolute atomic E-state index is 0.0100. The van der Waals surface area contributed by atoms with E-state index in [1.54, 1.807) is 0 Å². The van der Waals surface area contributed by atoms with Crippen LogP contribution in [0.1, 0.15) is 23.2 Å². The number of phenols is 1. The Morgan fingerprint density at radius 2 is 2.21 bits per heavy atom. The highest BCUT2D eigenvalue weighted by Gasteiger charge is 2.39. The Morgan fingerprint density at radius 3 is 2.95 bits per heavy atom. The third kappa shape index (κ3) is 1.79. The van der Waals surface area contributed by atoms with Crippen molar-refractivity contribution >= 4 is 11.6 Å². The van der Waals surface area contributed by atoms with Crippen LogP contribution in [-0.4, -0.2) is 46.9 Å². The molecule has 1 amide bonds. The fourth-order valence-corrected chi connectivity index (χ4v) is 2.79. The maximum atomic E-state index is 12.5. The molecule has 19 heavy (non-hydrogen) atoms. The van der Waals surface area contributed by atoms with Crippen LogP contribution in [0.15, 0.2) is 12.1 Å². The van der Waals surface area contributed by atoms with Crippen LogP contribution in [-0.2, 0) is 0 Å². The molecule has 3 rings (SSSR count). The summed E-state index contributed by atoms with van der Waals surface area (Å²) in [5.74, 6) is 0.0125. The molecule has 0 radical (unpaired) electrons. The lowest BCUT2D eigenvalue weighted by molar-refractivity contribution is 0.0190. The highest BCUT2D eigenvalue weighted by atomic mass is 16.5. The second-order valence-electron chi connectivity index (χ2n) is 4.87. The zero-order chi connectivity index (χ0) is 13.6. The molecule has 6 heteroatoms. The minimum atomic E-state index is -0.731. The Balaban J connectivity index is 2.07. The summed E-state index contributed by atoms with van der Waals surface area (Å²) >= 11 is 0. The second-order valence-corrected chi connectivity index (χ2v) is 4.87. The van der Waals surface area contributed by atoms with E-state index < -0.39 is 6.23 Å². The molecule has 2 unspecified atom stereocenters. The Kier molecular flexibility index (Phi) is 2.74. The zero-order valence-electron chi connectivity index (χ0n) is 10.6. The van der Waals surface area contributed by atoms with E-state index in [1.807, 2.05) is 0 Å². The molecular formula is C13H16N2O4. The molecule has 1 aromatic carbocycles. The molecule has 0 aromatic heterocycles. The number of nitrogens with zero attached hydrogens (tertiary/aromatic N) is 1. The zero-order valence-corrected chi connectivity index (χ0v) is 10.6. The molecule has 1 aromatic rings. The first-order valence-electron chi connectivity index (χ1n) is 6.27. The predicted molar refractivity (Wildman–Crippen MR) is 68.3 cm³/mol. The van der Waals surface area contributed by atoms with E-state index in [0.717, 1.165) is 6.42 Å². The molecule has 3 N–H and O–H groups in total. The molecular weight excluding hydrogens is 248 g/mol. The summed E-state index contributed by atoms with van der Waals surface area (Å²) in [7, 11) is 1.43. The van der Waals surface area contributed by atoms with Gasteiger partial charge in [0, 0.05) is 12.6 Å². The van der Waals surface area contributed by atoms with Gasteiger partial charge < -0.3 is 25.2 Å². The quantitative estimate of drug-likeness (QED) is 0.697. The molecule has 0 bridgehead atoms. The number of aliphatic hydroxyl groups excluding tert-OH is 1. The van der Waals surface area contributed by atoms with Crippen molar-refractivity contribution in [3.63, 3.8) is 0 Å². The number of carbonyl (C=O) groups excluding carboxylic acids is 1. The van der Waals surface area contributed by atoms with Gasteiger partial charge in [-0.15, -0.1) is 0 Å². The summed E-state index contributed by atoms with van der Waals surface area (Å²) in [4.78, 5) is 14.0. The number of ether oxygens (including phenoxy) is 1. The van der Waals surface area contributed by atoms with Crippen LogP contribution in [0.4, 0.5) is 5.69 Å². The van der Waals surface area contributed by atoms with E-state index in [1.165, 1.54) is 24.1 Å². The molecule has 6 nitrogen and oxygen atoms in total. The lowest BCUT2D eigenvalue weighted by Crippen LogP contribution is -2.42. The van der Waals surface area contributed by atoms with Gasteiger partial charge in [-0.25, -0.2) is 0 Å². The molecule has 0 spiro atoms. The first-order chi connectivity index (χ1) is 9.11. The summed E-state index contributed by atoms with van der Waals surface area (Å²) in [6.45, 7) is 0.571. The lowest BCUT2D eigenvalue weighted by Gasteiger charge is -2.25. The van der Waals surface area contributed by atoms with Crippen LogP contribution in [0.2, 0.25) is 0 Å². The number of hydrogen-bond acceptors (Lipinski definition) is 5. The number of phenolic OH excluding ortho intramolecular Hbond substituents is 1. The fourth-order valence-electron chi connectivity index (χ4n) is 2.79. The van der Waals surface area contributed by atoms with Gasteiger partial charge in [-0.05, 0) is 18.9 Å². The smallest absolute Gasteiger partial charge is 0.258 e. The van der Waals surface area contributed by atoms with Crippen molar-refractivity contribution in [2.24, 2.45) is 0 Å². The van der Waals surface area contributed by atoms with E-state index in [4.69, 9.17) is 4.74 Å². The van der Waals surface area contributed by atoms with E-state index in [9.17, 15) is 15.0 Å². The van der Waals surface area contributed by atoms with Crippen LogP contribution >= 0.6 is 0 Å². The molecule has 2 aliphatic heterocycles. The summed E-state index contributed by atoms with van der Waals surface area (Å²) in [6, 6.07) is 2.98. The van der Waals surface area contributed by atoms with Crippen LogP contribution in [0.25, 0.3) is 0 Å². The molecule has 0 aliphatic carbocycles. The summed E-state index contributed by atoms with van der Waals surface area (Å²) in [5.41, 5.74) is 0.989. The number of aliphatic hydroxyl groups is 1. The monoisotopic (exact) mass is 264 g/mol. The number of anilines is 1. The minimum Gasteiger partial charge on any atom is -0.504 e. The number of carbonyl (C=O) groups is 1. The van der Waals surface area contributed by atoms with Crippen LogP contribution in [0, 0.1) is 0 Å². The number of aromatic hydroxyl groups is 1. The van der Waals surface area contributed by atoms with Gasteiger partial charge in [0.05, 0.1) is 24.4 Å². The topological polar surface area (TPSA) is 82.0 Å². The van der Waals surface area contributed by atoms with Gasteiger partial charge in [-0.2, -0.15) is 0 Å². The van der Waals surface area contributed by atoms with Crippen molar-refractivity contribution in [1.82, 2.24) is 4.90 Å². The first kappa shape index (κ1) is 12.1. The number of benzene rings is 1. The summed E-state index contributed by atoms with van der Waals surface area (Å²) in [6.07, 6.45) is 0.643. The first-order valence-corrected chi connectivity index (χ1v) is 6.27. The highest BCUT2D eigenvalue weighted by Crippen LogP contribution is 2.37. The van der Waals surface area contributed by atoms with Gasteiger partial charge in [0.2, 0.25) is 0 Å². The Bertz CT molecular complexity index is 532. The van der Waals surface area contributed by atoms with Gasteiger partial charge in [0.1, 0.15) is 6.23 Å². The van der Waals surface area contributed by atoms with E-state index in [0.29, 0.717) is 24.2 Å². The Morgan fingerprint density at radius 1 is 1.42 bits per heavy atom. The second kappa shape index (κ2) is 4.31. The number of fused-ring (bicyclic) bond motifs is 2. The van der Waals surface area contributed by atoms with Crippen LogP contribution < -0.4 is 10.1 Å². The maximum absolute atomic E-state index is 12.5. The van der Waals surface area contributed by atoms with Gasteiger partial charge in [0.25, 0.3) is 5.91 Å². The van der Waals surface area contributed by atoms with Gasteiger partial charge in [0.15, 0.2) is 11.5 Å². The number of nitrogens with one attached hydrogen (secondary N) is 1. The van der Waals surface area contributed by atoms with Crippen molar-refractivity contribution in [2.45, 2.75) is 25.1 Å². The van der Waals surface area contributed by atoms with Crippen molar-refractivity contribution in [3.8, 4) is 11.5 Å². The summed E-state index contributed by atoms with van der Waals surface area (Å²) < 4.78 is 5.03. The molecule has 102 valence electrons. The van der Waals surface area contributed by atoms with Crippen LogP contribution in [0.3, 0.4) is 0 Å². The van der Waals surface area contributed by atoms with E-state index >= 15 is 0 Å². The largest absolute Gasteiger partial charge is 0.504 e. The normalized spacial score (nSPS) is 25.4. The Hall–Kier alpha value is -1.95. The van der Waals surface area contributed by atoms with Gasteiger partial charge in [-0.1, -0.05) is 0 Å². The predicted octanol–water partition coefficient (Wildman–Crippen LogP) is 0.749. The lowest BCUT2D eigenvalue weighted by atomic mass is 10.1. The van der Waals surface area contributed by atoms with E-state index in [-0.39, 0.29) is 23.4 Å². The van der Waals surface area contributed by atoms with Crippen molar-refractivity contribution in [2.75, 3.05) is 19.0 Å². The number of rotatable bonds is 1. The third-order valence-electron chi connectivity index (χ3n) is 3.78. The standard InChI is InChI=1S/C13H16N2O4/c1-19-11-4-8-9(5-10(11)16)14-6-7-2-3-12(17)15(7)13(8)18/h4-5,7,12,14,16-17H,2-3,6H2,1H3. The molecule has 2 atom stereocenters. The number of hydrogen-bond donors (Lipinski definition) is 3. The number of amides is 1. The van der Waals surface area contributed by atoms with Gasteiger partial charge in [-0.3, -0.25) is 4.79 Å². The fraction of sp³-hybridized carbons (Fsp3) is 0.462. The average molecular weight is 264 g/mol. The number of methoxy groups -OCH3 is 1. The average Bonchev–Trinajstić information content (AvgIpc) is 2.70.